The van der Waals surface area contributed by atoms with Gasteiger partial charge in [0.15, 0.2) is 12.4 Å². The summed E-state index contributed by atoms with van der Waals surface area (Å²) in [6, 6.07) is 13.3. The van der Waals surface area contributed by atoms with Crippen LogP contribution in [-0.4, -0.2) is 71.1 Å². The number of methoxy groups -OCH3 is 1. The number of ether oxygens (including phenoxy) is 3. The molecule has 3 rings (SSSR count). The number of nitrogens with two attached hydrogens (primary N) is 1. The Labute approximate surface area is 192 Å². The zero-order valence-electron chi connectivity index (χ0n) is 18.1. The number of nitrogens with one attached hydrogen (secondary N) is 1. The second-order valence-electron chi connectivity index (χ2n) is 6.88. The van der Waals surface area contributed by atoms with E-state index in [1.54, 1.807) is 12.1 Å². The summed E-state index contributed by atoms with van der Waals surface area (Å²) >= 11 is 0. The number of amides is 1. The number of hydrogen-bond acceptors (Lipinski definition) is 8. The van der Waals surface area contributed by atoms with Gasteiger partial charge in [-0.3, -0.25) is 4.79 Å². The third-order valence-corrected chi connectivity index (χ3v) is 6.45. The minimum atomic E-state index is -3.74. The minimum absolute atomic E-state index is 0.0130. The van der Waals surface area contributed by atoms with Crippen molar-refractivity contribution in [2.45, 2.75) is 4.90 Å². The first-order valence-corrected chi connectivity index (χ1v) is 11.5. The van der Waals surface area contributed by atoms with Crippen LogP contribution in [0.4, 0.5) is 5.69 Å². The predicted molar refractivity (Wildman–Crippen MR) is 121 cm³/mol. The highest BCUT2D eigenvalue weighted by atomic mass is 32.2. The number of nitrogens with zero attached hydrogens (tertiary/aromatic N) is 2. The van der Waals surface area contributed by atoms with Crippen molar-refractivity contribution in [3.05, 3.63) is 48.5 Å². The van der Waals surface area contributed by atoms with E-state index in [1.165, 1.54) is 29.6 Å². The van der Waals surface area contributed by atoms with Gasteiger partial charge in [0.05, 0.1) is 30.9 Å². The molecule has 1 saturated heterocycles. The largest absolute Gasteiger partial charge is 0.495 e. The van der Waals surface area contributed by atoms with E-state index in [0.29, 0.717) is 24.7 Å². The Morgan fingerprint density at radius 2 is 1.88 bits per heavy atom. The molecule has 12 heteroatoms. The van der Waals surface area contributed by atoms with Gasteiger partial charge in [-0.1, -0.05) is 23.4 Å². The predicted octanol–water partition coefficient (Wildman–Crippen LogP) is 1.02. The second-order valence-corrected chi connectivity index (χ2v) is 8.82. The van der Waals surface area contributed by atoms with Gasteiger partial charge in [0, 0.05) is 13.1 Å². The standard InChI is InChI=1S/C21H26N4O7S/c1-29-19-8-7-17(33(27,28)25-9-11-30-12-10-25)13-18(19)23-21(26)15-32-24-20(22)14-31-16-5-3-2-4-6-16/h2-8,13H,9-12,14-15H2,1H3,(H2,22,24)(H,23,26). The monoisotopic (exact) mass is 478 g/mol. The molecule has 1 aliphatic rings. The molecule has 1 heterocycles. The number of anilines is 1. The number of benzene rings is 2. The van der Waals surface area contributed by atoms with Crippen LogP contribution in [0.5, 0.6) is 11.5 Å². The number of morpholine rings is 1. The summed E-state index contributed by atoms with van der Waals surface area (Å²) in [5.41, 5.74) is 5.90. The van der Waals surface area contributed by atoms with E-state index in [1.807, 2.05) is 18.2 Å². The Morgan fingerprint density at radius 3 is 2.58 bits per heavy atom. The number of carbonyl (C=O) groups is 1. The molecule has 2 aromatic carbocycles. The zero-order chi connectivity index (χ0) is 23.7. The molecule has 0 radical (unpaired) electrons. The van der Waals surface area contributed by atoms with Crippen LogP contribution < -0.4 is 20.5 Å². The molecule has 178 valence electrons. The molecule has 2 aromatic rings. The van der Waals surface area contributed by atoms with Crippen LogP contribution in [0.2, 0.25) is 0 Å². The maximum Gasteiger partial charge on any atom is 0.265 e. The van der Waals surface area contributed by atoms with Gasteiger partial charge in [-0.05, 0) is 30.3 Å². The van der Waals surface area contributed by atoms with Crippen LogP contribution in [0, 0.1) is 0 Å². The second kappa shape index (κ2) is 11.5. The van der Waals surface area contributed by atoms with Crippen molar-refractivity contribution < 1.29 is 32.3 Å². The Hall–Kier alpha value is -3.35. The van der Waals surface area contributed by atoms with Crippen molar-refractivity contribution in [3.8, 4) is 11.5 Å². The number of rotatable bonds is 10. The van der Waals surface area contributed by atoms with Crippen LogP contribution in [0.15, 0.2) is 58.6 Å². The van der Waals surface area contributed by atoms with Gasteiger partial charge < -0.3 is 30.1 Å². The number of amidine groups is 1. The minimum Gasteiger partial charge on any atom is -0.495 e. The van der Waals surface area contributed by atoms with Gasteiger partial charge in [-0.25, -0.2) is 8.42 Å². The zero-order valence-corrected chi connectivity index (χ0v) is 18.9. The number of sulfonamides is 1. The molecule has 1 amide bonds. The van der Waals surface area contributed by atoms with Crippen molar-refractivity contribution in [2.24, 2.45) is 10.9 Å². The van der Waals surface area contributed by atoms with E-state index < -0.39 is 22.5 Å². The summed E-state index contributed by atoms with van der Waals surface area (Å²) in [4.78, 5) is 17.3. The van der Waals surface area contributed by atoms with Crippen molar-refractivity contribution in [3.63, 3.8) is 0 Å². The van der Waals surface area contributed by atoms with Gasteiger partial charge in [0.1, 0.15) is 18.1 Å². The SMILES string of the molecule is COc1ccc(S(=O)(=O)N2CCOCC2)cc1NC(=O)CO/N=C(/N)COc1ccccc1. The van der Waals surface area contributed by atoms with Crippen LogP contribution >= 0.6 is 0 Å². The number of hydrogen-bond donors (Lipinski definition) is 2. The van der Waals surface area contributed by atoms with E-state index in [-0.39, 0.29) is 36.1 Å². The number of oxime groups is 1. The molecule has 1 fully saturated rings. The van der Waals surface area contributed by atoms with Crippen molar-refractivity contribution >= 4 is 27.5 Å². The lowest BCUT2D eigenvalue weighted by atomic mass is 10.3. The molecule has 0 bridgehead atoms. The van der Waals surface area contributed by atoms with Gasteiger partial charge in [0.2, 0.25) is 10.0 Å². The first kappa shape index (κ1) is 24.3. The molecule has 0 saturated carbocycles. The third kappa shape index (κ3) is 6.81. The number of para-hydroxylation sites is 1. The maximum atomic E-state index is 12.9. The fourth-order valence-electron chi connectivity index (χ4n) is 2.94. The fourth-order valence-corrected chi connectivity index (χ4v) is 4.38. The number of carbonyl (C=O) groups excluding carboxylic acids is 1. The fraction of sp³-hybridized carbons (Fsp3) is 0.333. The van der Waals surface area contributed by atoms with E-state index in [9.17, 15) is 13.2 Å². The summed E-state index contributed by atoms with van der Waals surface area (Å²) in [6.45, 7) is 0.720. The van der Waals surface area contributed by atoms with Crippen LogP contribution in [0.25, 0.3) is 0 Å². The third-order valence-electron chi connectivity index (χ3n) is 4.56. The Morgan fingerprint density at radius 1 is 1.15 bits per heavy atom. The topological polar surface area (TPSA) is 142 Å². The lowest BCUT2D eigenvalue weighted by Crippen LogP contribution is -2.40. The molecule has 0 aromatic heterocycles. The first-order chi connectivity index (χ1) is 15.9. The lowest BCUT2D eigenvalue weighted by molar-refractivity contribution is -0.120. The average Bonchev–Trinajstić information content (AvgIpc) is 2.84. The lowest BCUT2D eigenvalue weighted by Gasteiger charge is -2.26. The van der Waals surface area contributed by atoms with Gasteiger partial charge >= 0.3 is 0 Å². The maximum absolute atomic E-state index is 12.9. The molecule has 0 unspecified atom stereocenters. The molecular weight excluding hydrogens is 452 g/mol. The summed E-state index contributed by atoms with van der Waals surface area (Å²) in [5, 5.41) is 6.21. The quantitative estimate of drug-likeness (QED) is 0.293. The van der Waals surface area contributed by atoms with Crippen LogP contribution in [0.3, 0.4) is 0 Å². The van der Waals surface area contributed by atoms with E-state index >= 15 is 0 Å². The molecular formula is C21H26N4O7S. The smallest absolute Gasteiger partial charge is 0.265 e. The summed E-state index contributed by atoms with van der Waals surface area (Å²) in [7, 11) is -2.33. The van der Waals surface area contributed by atoms with Gasteiger partial charge in [-0.15, -0.1) is 0 Å². The van der Waals surface area contributed by atoms with Crippen LogP contribution in [-0.2, 0) is 24.4 Å². The average molecular weight is 479 g/mol. The molecule has 11 nitrogen and oxygen atoms in total. The molecule has 0 atom stereocenters. The molecule has 0 aliphatic carbocycles. The summed E-state index contributed by atoms with van der Waals surface area (Å²) < 4.78 is 43.0. The van der Waals surface area contributed by atoms with Crippen molar-refractivity contribution in [1.82, 2.24) is 4.31 Å². The highest BCUT2D eigenvalue weighted by molar-refractivity contribution is 7.89. The molecule has 1 aliphatic heterocycles. The highest BCUT2D eigenvalue weighted by Crippen LogP contribution is 2.29. The Kier molecular flexibility index (Phi) is 8.46. The van der Waals surface area contributed by atoms with E-state index in [4.69, 9.17) is 24.8 Å². The Bertz CT molecular complexity index is 1070. The highest BCUT2D eigenvalue weighted by Gasteiger charge is 2.27. The van der Waals surface area contributed by atoms with E-state index in [0.717, 1.165) is 0 Å². The Balaban J connectivity index is 1.58. The normalized spacial score (nSPS) is 15.0. The van der Waals surface area contributed by atoms with Crippen molar-refractivity contribution in [1.29, 1.82) is 0 Å². The van der Waals surface area contributed by atoms with Crippen LogP contribution in [0.1, 0.15) is 0 Å². The van der Waals surface area contributed by atoms with Crippen molar-refractivity contribution in [2.75, 3.05) is 51.9 Å². The summed E-state index contributed by atoms with van der Waals surface area (Å²) in [6.07, 6.45) is 0. The molecule has 3 N–H and O–H groups in total. The van der Waals surface area contributed by atoms with E-state index in [2.05, 4.69) is 10.5 Å². The van der Waals surface area contributed by atoms with Gasteiger partial charge in [0.25, 0.3) is 5.91 Å². The summed E-state index contributed by atoms with van der Waals surface area (Å²) in [5.74, 6) is 0.383. The molecule has 33 heavy (non-hydrogen) atoms. The molecule has 0 spiro atoms. The first-order valence-electron chi connectivity index (χ1n) is 10.1. The van der Waals surface area contributed by atoms with Gasteiger partial charge in [-0.2, -0.15) is 4.31 Å².